The highest BCUT2D eigenvalue weighted by atomic mass is 127. The van der Waals surface area contributed by atoms with Crippen LogP contribution in [0.2, 0.25) is 0 Å². The summed E-state index contributed by atoms with van der Waals surface area (Å²) in [5, 5.41) is 5.82. The van der Waals surface area contributed by atoms with Crippen molar-refractivity contribution < 1.29 is 4.79 Å². The first-order chi connectivity index (χ1) is 8.90. The van der Waals surface area contributed by atoms with Gasteiger partial charge in [-0.3, -0.25) is 4.79 Å². The minimum absolute atomic E-state index is 0.106. The summed E-state index contributed by atoms with van der Waals surface area (Å²) in [6, 6.07) is 5.69. The van der Waals surface area contributed by atoms with Gasteiger partial charge in [0.25, 0.3) is 5.91 Å². The molecular weight excluding hydrogens is 439 g/mol. The Morgan fingerprint density at radius 3 is 2.84 bits per heavy atom. The van der Waals surface area contributed by atoms with Gasteiger partial charge in [-0.1, -0.05) is 0 Å². The average molecular weight is 451 g/mol. The molecule has 0 unspecified atom stereocenters. The summed E-state index contributed by atoms with van der Waals surface area (Å²) in [5.41, 5.74) is 0.155. The molecule has 1 aromatic carbocycles. The van der Waals surface area contributed by atoms with Crippen LogP contribution < -0.4 is 5.32 Å². The SMILES string of the molecule is CC(C)(NC(=O)c1cc(I)ccc1Br)c1nccs1. The molecule has 0 bridgehead atoms. The second-order valence-electron chi connectivity index (χ2n) is 4.54. The molecule has 0 saturated carbocycles. The fourth-order valence-corrected chi connectivity index (χ4v) is 3.24. The van der Waals surface area contributed by atoms with Crippen LogP contribution in [0.15, 0.2) is 34.2 Å². The number of aromatic nitrogens is 1. The molecule has 100 valence electrons. The second-order valence-corrected chi connectivity index (χ2v) is 7.54. The Kier molecular flexibility index (Phi) is 4.62. The Bertz CT molecular complexity index is 599. The molecule has 1 heterocycles. The van der Waals surface area contributed by atoms with E-state index in [9.17, 15) is 4.79 Å². The van der Waals surface area contributed by atoms with Crippen LogP contribution in [0.1, 0.15) is 29.2 Å². The average Bonchev–Trinajstić information content (AvgIpc) is 2.86. The number of rotatable bonds is 3. The molecule has 0 spiro atoms. The van der Waals surface area contributed by atoms with E-state index in [-0.39, 0.29) is 5.91 Å². The van der Waals surface area contributed by atoms with Crippen LogP contribution in [-0.4, -0.2) is 10.9 Å². The van der Waals surface area contributed by atoms with Crippen LogP contribution in [0, 0.1) is 3.57 Å². The summed E-state index contributed by atoms with van der Waals surface area (Å²) >= 11 is 7.14. The van der Waals surface area contributed by atoms with Gasteiger partial charge in [-0.2, -0.15) is 0 Å². The van der Waals surface area contributed by atoms with Crippen molar-refractivity contribution in [2.75, 3.05) is 0 Å². The normalized spacial score (nSPS) is 11.4. The number of carbonyl (C=O) groups is 1. The summed E-state index contributed by atoms with van der Waals surface area (Å²) in [5.74, 6) is -0.106. The number of hydrogen-bond acceptors (Lipinski definition) is 3. The molecule has 1 amide bonds. The third-order valence-corrected chi connectivity index (χ3v) is 5.03. The molecule has 0 aliphatic rings. The number of hydrogen-bond donors (Lipinski definition) is 1. The van der Waals surface area contributed by atoms with E-state index in [0.29, 0.717) is 5.56 Å². The van der Waals surface area contributed by atoms with Crippen LogP contribution >= 0.6 is 49.9 Å². The van der Waals surface area contributed by atoms with E-state index >= 15 is 0 Å². The molecule has 2 aromatic rings. The van der Waals surface area contributed by atoms with Crippen molar-refractivity contribution in [1.29, 1.82) is 0 Å². The van der Waals surface area contributed by atoms with E-state index in [1.807, 2.05) is 37.4 Å². The number of carbonyl (C=O) groups excluding carboxylic acids is 1. The zero-order chi connectivity index (χ0) is 14.0. The molecule has 1 N–H and O–H groups in total. The maximum Gasteiger partial charge on any atom is 0.253 e. The summed E-state index contributed by atoms with van der Waals surface area (Å²) in [6.07, 6.45) is 1.75. The maximum absolute atomic E-state index is 12.4. The van der Waals surface area contributed by atoms with E-state index in [0.717, 1.165) is 13.1 Å². The van der Waals surface area contributed by atoms with Gasteiger partial charge in [0.05, 0.1) is 11.1 Å². The lowest BCUT2D eigenvalue weighted by Crippen LogP contribution is -2.41. The van der Waals surface area contributed by atoms with Crippen molar-refractivity contribution in [3.05, 3.63) is 48.4 Å². The number of nitrogens with one attached hydrogen (secondary N) is 1. The van der Waals surface area contributed by atoms with E-state index < -0.39 is 5.54 Å². The lowest BCUT2D eigenvalue weighted by Gasteiger charge is -2.24. The Balaban J connectivity index is 2.24. The predicted octanol–water partition coefficient (Wildman–Crippen LogP) is 4.18. The third kappa shape index (κ3) is 3.55. The van der Waals surface area contributed by atoms with Crippen molar-refractivity contribution >= 4 is 55.8 Å². The van der Waals surface area contributed by atoms with Crippen LogP contribution in [0.3, 0.4) is 0 Å². The van der Waals surface area contributed by atoms with Crippen molar-refractivity contribution in [2.45, 2.75) is 19.4 Å². The summed E-state index contributed by atoms with van der Waals surface area (Å²) in [4.78, 5) is 16.6. The Labute approximate surface area is 138 Å². The lowest BCUT2D eigenvalue weighted by molar-refractivity contribution is 0.0911. The third-order valence-electron chi connectivity index (χ3n) is 2.57. The molecular formula is C13H12BrIN2OS. The van der Waals surface area contributed by atoms with E-state index in [1.54, 1.807) is 6.20 Å². The second kappa shape index (κ2) is 5.88. The van der Waals surface area contributed by atoms with Gasteiger partial charge in [-0.25, -0.2) is 4.98 Å². The minimum atomic E-state index is -0.480. The van der Waals surface area contributed by atoms with Crippen molar-refractivity contribution in [1.82, 2.24) is 10.3 Å². The topological polar surface area (TPSA) is 42.0 Å². The van der Waals surface area contributed by atoms with Gasteiger partial charge in [0.1, 0.15) is 5.01 Å². The number of amides is 1. The molecule has 2 rings (SSSR count). The van der Waals surface area contributed by atoms with Gasteiger partial charge in [-0.05, 0) is 70.6 Å². The van der Waals surface area contributed by atoms with Gasteiger partial charge in [0.2, 0.25) is 0 Å². The Hall–Kier alpha value is -0.470. The molecule has 0 aliphatic carbocycles. The van der Waals surface area contributed by atoms with Gasteiger partial charge >= 0.3 is 0 Å². The van der Waals surface area contributed by atoms with Crippen LogP contribution in [0.4, 0.5) is 0 Å². The summed E-state index contributed by atoms with van der Waals surface area (Å²) in [6.45, 7) is 3.90. The minimum Gasteiger partial charge on any atom is -0.341 e. The first-order valence-corrected chi connectivity index (χ1v) is 8.33. The highest BCUT2D eigenvalue weighted by Gasteiger charge is 2.26. The van der Waals surface area contributed by atoms with Gasteiger partial charge in [0.15, 0.2) is 0 Å². The maximum atomic E-state index is 12.4. The number of halogens is 2. The standard InChI is InChI=1S/C13H12BrIN2OS/c1-13(2,12-16-5-6-19-12)17-11(18)9-7-8(15)3-4-10(9)14/h3-7H,1-2H3,(H,17,18). The summed E-state index contributed by atoms with van der Waals surface area (Å²) < 4.78 is 1.82. The Morgan fingerprint density at radius 2 is 2.21 bits per heavy atom. The number of benzene rings is 1. The van der Waals surface area contributed by atoms with E-state index in [2.05, 4.69) is 48.8 Å². The molecule has 1 aromatic heterocycles. The van der Waals surface area contributed by atoms with Gasteiger partial charge < -0.3 is 5.32 Å². The fourth-order valence-electron chi connectivity index (χ4n) is 1.61. The molecule has 19 heavy (non-hydrogen) atoms. The van der Waals surface area contributed by atoms with Crippen LogP contribution in [-0.2, 0) is 5.54 Å². The first kappa shape index (κ1) is 14.9. The molecule has 6 heteroatoms. The highest BCUT2D eigenvalue weighted by Crippen LogP contribution is 2.25. The quantitative estimate of drug-likeness (QED) is 0.713. The predicted molar refractivity (Wildman–Crippen MR) is 89.5 cm³/mol. The van der Waals surface area contributed by atoms with Crippen molar-refractivity contribution in [3.8, 4) is 0 Å². The monoisotopic (exact) mass is 450 g/mol. The molecule has 0 saturated heterocycles. The Morgan fingerprint density at radius 1 is 1.47 bits per heavy atom. The molecule has 0 radical (unpaired) electrons. The fraction of sp³-hybridized carbons (Fsp3) is 0.231. The van der Waals surface area contributed by atoms with Gasteiger partial charge in [-0.15, -0.1) is 11.3 Å². The van der Waals surface area contributed by atoms with Gasteiger partial charge in [0, 0.05) is 19.6 Å². The largest absolute Gasteiger partial charge is 0.341 e. The smallest absolute Gasteiger partial charge is 0.253 e. The summed E-state index contributed by atoms with van der Waals surface area (Å²) in [7, 11) is 0. The molecule has 0 atom stereocenters. The number of nitrogens with zero attached hydrogens (tertiary/aromatic N) is 1. The van der Waals surface area contributed by atoms with Crippen molar-refractivity contribution in [3.63, 3.8) is 0 Å². The van der Waals surface area contributed by atoms with E-state index in [4.69, 9.17) is 0 Å². The van der Waals surface area contributed by atoms with Crippen molar-refractivity contribution in [2.24, 2.45) is 0 Å². The lowest BCUT2D eigenvalue weighted by atomic mass is 10.1. The molecule has 0 fully saturated rings. The molecule has 3 nitrogen and oxygen atoms in total. The van der Waals surface area contributed by atoms with Crippen LogP contribution in [0.25, 0.3) is 0 Å². The molecule has 0 aliphatic heterocycles. The van der Waals surface area contributed by atoms with Crippen LogP contribution in [0.5, 0.6) is 0 Å². The first-order valence-electron chi connectivity index (χ1n) is 5.58. The number of thiazole rings is 1. The highest BCUT2D eigenvalue weighted by molar-refractivity contribution is 14.1. The zero-order valence-corrected chi connectivity index (χ0v) is 15.0. The zero-order valence-electron chi connectivity index (χ0n) is 10.4. The van der Waals surface area contributed by atoms with E-state index in [1.165, 1.54) is 11.3 Å².